The molecule has 3 nitrogen and oxygen atoms in total. The number of hydrogen-bond donors (Lipinski definition) is 1. The van der Waals surface area contributed by atoms with Gasteiger partial charge in [-0.25, -0.2) is 0 Å². The quantitative estimate of drug-likeness (QED) is 0.872. The normalized spacial score (nSPS) is 23.1. The summed E-state index contributed by atoms with van der Waals surface area (Å²) in [4.78, 5) is 11.9. The minimum atomic E-state index is -0.0925. The van der Waals surface area contributed by atoms with Crippen molar-refractivity contribution >= 4 is 21.9 Å². The van der Waals surface area contributed by atoms with Crippen LogP contribution < -0.4 is 5.32 Å². The van der Waals surface area contributed by atoms with E-state index in [2.05, 4.69) is 46.4 Å². The van der Waals surface area contributed by atoms with Crippen molar-refractivity contribution in [2.75, 3.05) is 19.7 Å². The van der Waals surface area contributed by atoms with E-state index in [0.29, 0.717) is 13.2 Å². The number of hydrogen-bond acceptors (Lipinski definition) is 3. The Bertz CT molecular complexity index is 427. The first-order chi connectivity index (χ1) is 8.61. The van der Waals surface area contributed by atoms with Gasteiger partial charge in [-0.2, -0.15) is 0 Å². The Morgan fingerprint density at radius 3 is 2.89 bits per heavy atom. The van der Waals surface area contributed by atoms with Gasteiger partial charge >= 0.3 is 5.97 Å². The lowest BCUT2D eigenvalue weighted by Gasteiger charge is -2.18. The predicted octanol–water partition coefficient (Wildman–Crippen LogP) is 2.62. The summed E-state index contributed by atoms with van der Waals surface area (Å²) in [7, 11) is 0. The largest absolute Gasteiger partial charge is 0.466 e. The van der Waals surface area contributed by atoms with Crippen LogP contribution in [0.5, 0.6) is 0 Å². The Morgan fingerprint density at radius 1 is 1.44 bits per heavy atom. The highest BCUT2D eigenvalue weighted by atomic mass is 79.9. The predicted molar refractivity (Wildman–Crippen MR) is 74.6 cm³/mol. The summed E-state index contributed by atoms with van der Waals surface area (Å²) in [6, 6.07) is 6.32. The van der Waals surface area contributed by atoms with Crippen LogP contribution in [0.4, 0.5) is 0 Å². The van der Waals surface area contributed by atoms with Crippen molar-refractivity contribution in [3.8, 4) is 0 Å². The van der Waals surface area contributed by atoms with Crippen LogP contribution in [0, 0.1) is 12.8 Å². The number of ether oxygens (including phenoxy) is 1. The van der Waals surface area contributed by atoms with Crippen molar-refractivity contribution in [1.82, 2.24) is 5.32 Å². The maximum Gasteiger partial charge on any atom is 0.310 e. The first kappa shape index (κ1) is 13.6. The van der Waals surface area contributed by atoms with Crippen LogP contribution in [0.2, 0.25) is 0 Å². The summed E-state index contributed by atoms with van der Waals surface area (Å²) >= 11 is 3.51. The van der Waals surface area contributed by atoms with Gasteiger partial charge in [-0.05, 0) is 37.1 Å². The van der Waals surface area contributed by atoms with Crippen molar-refractivity contribution in [2.45, 2.75) is 19.8 Å². The minimum Gasteiger partial charge on any atom is -0.466 e. The van der Waals surface area contributed by atoms with E-state index in [1.807, 2.05) is 6.92 Å². The molecule has 1 aromatic carbocycles. The minimum absolute atomic E-state index is 0.0707. The van der Waals surface area contributed by atoms with Gasteiger partial charge in [0.1, 0.15) is 0 Å². The van der Waals surface area contributed by atoms with Gasteiger partial charge in [0, 0.05) is 23.5 Å². The van der Waals surface area contributed by atoms with Gasteiger partial charge in [0.25, 0.3) is 0 Å². The molecule has 0 aliphatic carbocycles. The van der Waals surface area contributed by atoms with Gasteiger partial charge in [0.2, 0.25) is 0 Å². The first-order valence-corrected chi connectivity index (χ1v) is 7.05. The van der Waals surface area contributed by atoms with Crippen LogP contribution in [0.25, 0.3) is 0 Å². The molecular weight excluding hydrogens is 294 g/mol. The van der Waals surface area contributed by atoms with E-state index in [-0.39, 0.29) is 17.8 Å². The fourth-order valence-corrected chi connectivity index (χ4v) is 3.13. The molecule has 1 aromatic rings. The van der Waals surface area contributed by atoms with Crippen LogP contribution in [0.15, 0.2) is 22.7 Å². The van der Waals surface area contributed by atoms with Crippen LogP contribution in [0.3, 0.4) is 0 Å². The molecule has 1 heterocycles. The van der Waals surface area contributed by atoms with Gasteiger partial charge in [-0.1, -0.05) is 22.0 Å². The van der Waals surface area contributed by atoms with E-state index in [1.54, 1.807) is 0 Å². The number of nitrogens with one attached hydrogen (secondary N) is 1. The first-order valence-electron chi connectivity index (χ1n) is 6.26. The van der Waals surface area contributed by atoms with Crippen LogP contribution >= 0.6 is 15.9 Å². The van der Waals surface area contributed by atoms with Gasteiger partial charge in [-0.15, -0.1) is 0 Å². The number of esters is 1. The maximum absolute atomic E-state index is 11.9. The third-order valence-electron chi connectivity index (χ3n) is 3.30. The second kappa shape index (κ2) is 5.85. The molecular formula is C14H18BrNO2. The van der Waals surface area contributed by atoms with Crippen LogP contribution in [-0.4, -0.2) is 25.7 Å². The second-order valence-electron chi connectivity index (χ2n) is 4.69. The van der Waals surface area contributed by atoms with Gasteiger partial charge in [-0.3, -0.25) is 4.79 Å². The van der Waals surface area contributed by atoms with Crippen molar-refractivity contribution < 1.29 is 9.53 Å². The molecule has 0 radical (unpaired) electrons. The highest BCUT2D eigenvalue weighted by molar-refractivity contribution is 9.10. The number of carbonyl (C=O) groups excluding carboxylic acids is 1. The zero-order valence-corrected chi connectivity index (χ0v) is 12.3. The third kappa shape index (κ3) is 2.93. The topological polar surface area (TPSA) is 38.3 Å². The summed E-state index contributed by atoms with van der Waals surface area (Å²) in [5.74, 6) is 0.0454. The number of rotatable bonds is 3. The zero-order chi connectivity index (χ0) is 13.1. The third-order valence-corrected chi connectivity index (χ3v) is 3.75. The average molecular weight is 312 g/mol. The van der Waals surface area contributed by atoms with Gasteiger partial charge < -0.3 is 10.1 Å². The molecule has 0 bridgehead atoms. The summed E-state index contributed by atoms with van der Waals surface area (Å²) in [6.07, 6.45) is 0. The Balaban J connectivity index is 2.23. The molecule has 1 aliphatic heterocycles. The van der Waals surface area contributed by atoms with Crippen LogP contribution in [0.1, 0.15) is 24.0 Å². The van der Waals surface area contributed by atoms with Crippen molar-refractivity contribution in [1.29, 1.82) is 0 Å². The lowest BCUT2D eigenvalue weighted by Crippen LogP contribution is -2.24. The molecule has 18 heavy (non-hydrogen) atoms. The molecule has 2 rings (SSSR count). The Morgan fingerprint density at radius 2 is 2.22 bits per heavy atom. The van der Waals surface area contributed by atoms with Gasteiger partial charge in [0.15, 0.2) is 0 Å². The Kier molecular flexibility index (Phi) is 4.40. The molecule has 98 valence electrons. The summed E-state index contributed by atoms with van der Waals surface area (Å²) in [6.45, 7) is 5.89. The van der Waals surface area contributed by atoms with E-state index in [9.17, 15) is 4.79 Å². The molecule has 4 heteroatoms. The Hall–Kier alpha value is -0.870. The number of aryl methyl sites for hydroxylation is 1. The number of benzene rings is 1. The highest BCUT2D eigenvalue weighted by Crippen LogP contribution is 2.31. The molecule has 0 spiro atoms. The van der Waals surface area contributed by atoms with E-state index in [0.717, 1.165) is 11.0 Å². The zero-order valence-electron chi connectivity index (χ0n) is 10.7. The molecule has 2 atom stereocenters. The van der Waals surface area contributed by atoms with E-state index in [4.69, 9.17) is 4.74 Å². The molecule has 1 fully saturated rings. The lowest BCUT2D eigenvalue weighted by atomic mass is 9.88. The maximum atomic E-state index is 11.9. The summed E-state index contributed by atoms with van der Waals surface area (Å²) < 4.78 is 6.21. The standard InChI is InChI=1S/C14H18BrNO2/c1-3-18-14(17)13-8-16-7-12(13)10-4-9(2)5-11(15)6-10/h4-6,12-13,16H,3,7-8H2,1-2H3/t12-,13+/m0/s1. The smallest absolute Gasteiger partial charge is 0.310 e. The van der Waals surface area contributed by atoms with Crippen LogP contribution in [-0.2, 0) is 9.53 Å². The summed E-state index contributed by atoms with van der Waals surface area (Å²) in [5, 5.41) is 3.28. The second-order valence-corrected chi connectivity index (χ2v) is 5.60. The molecule has 1 aliphatic rings. The molecule has 0 aromatic heterocycles. The van der Waals surface area contributed by atoms with Crippen molar-refractivity contribution in [3.05, 3.63) is 33.8 Å². The fourth-order valence-electron chi connectivity index (χ4n) is 2.50. The molecule has 0 amide bonds. The van der Waals surface area contributed by atoms with E-state index < -0.39 is 0 Å². The highest BCUT2D eigenvalue weighted by Gasteiger charge is 2.35. The molecule has 0 saturated carbocycles. The molecule has 0 unspecified atom stereocenters. The van der Waals surface area contributed by atoms with E-state index >= 15 is 0 Å². The molecule has 1 saturated heterocycles. The monoisotopic (exact) mass is 311 g/mol. The SMILES string of the molecule is CCOC(=O)[C@@H]1CNC[C@H]1c1cc(C)cc(Br)c1. The summed E-state index contributed by atoms with van der Waals surface area (Å²) in [5.41, 5.74) is 2.40. The van der Waals surface area contributed by atoms with Crippen molar-refractivity contribution in [3.63, 3.8) is 0 Å². The van der Waals surface area contributed by atoms with Gasteiger partial charge in [0.05, 0.1) is 12.5 Å². The lowest BCUT2D eigenvalue weighted by molar-refractivity contribution is -0.147. The fraction of sp³-hybridized carbons (Fsp3) is 0.500. The average Bonchev–Trinajstić information content (AvgIpc) is 2.76. The number of carbonyl (C=O) groups is 1. The van der Waals surface area contributed by atoms with E-state index in [1.165, 1.54) is 11.1 Å². The molecule has 1 N–H and O–H groups in total. The number of halogens is 1. The Labute approximate surface area is 116 Å². The van der Waals surface area contributed by atoms with Crippen molar-refractivity contribution in [2.24, 2.45) is 5.92 Å².